The highest BCUT2D eigenvalue weighted by molar-refractivity contribution is 7.17. The summed E-state index contributed by atoms with van der Waals surface area (Å²) in [4.78, 5) is 29.9. The Hall–Kier alpha value is -3.76. The highest BCUT2D eigenvalue weighted by Crippen LogP contribution is 2.34. The van der Waals surface area contributed by atoms with Crippen molar-refractivity contribution in [1.82, 2.24) is 20.3 Å². The van der Waals surface area contributed by atoms with Crippen molar-refractivity contribution in [2.45, 2.75) is 6.42 Å². The second-order valence-corrected chi connectivity index (χ2v) is 8.70. The summed E-state index contributed by atoms with van der Waals surface area (Å²) in [6.07, 6.45) is 2.22. The topological polar surface area (TPSA) is 121 Å². The quantitative estimate of drug-likeness (QED) is 0.363. The zero-order valence-electron chi connectivity index (χ0n) is 18.3. The molecule has 4 heterocycles. The largest absolute Gasteiger partial charge is 0.504 e. The number of amides is 1. The Morgan fingerprint density at radius 3 is 2.74 bits per heavy atom. The third-order valence-electron chi connectivity index (χ3n) is 5.60. The lowest BCUT2D eigenvalue weighted by Gasteiger charge is -2.28. The van der Waals surface area contributed by atoms with E-state index in [1.54, 1.807) is 12.3 Å². The fraction of sp³-hybridized carbons (Fsp3) is 0.250. The maximum Gasteiger partial charge on any atom is 0.252 e. The molecule has 0 saturated carbocycles. The van der Waals surface area contributed by atoms with Crippen LogP contribution < -0.4 is 10.2 Å². The number of pyridine rings is 1. The summed E-state index contributed by atoms with van der Waals surface area (Å²) in [7, 11) is 0. The second kappa shape index (κ2) is 9.62. The van der Waals surface area contributed by atoms with Gasteiger partial charge in [0.1, 0.15) is 16.3 Å². The number of aromatic hydroxyl groups is 2. The molecule has 1 aromatic carbocycles. The molecule has 3 N–H and O–H groups in total. The molecule has 5 rings (SSSR count). The van der Waals surface area contributed by atoms with Gasteiger partial charge < -0.3 is 25.2 Å². The molecule has 34 heavy (non-hydrogen) atoms. The number of fused-ring (bicyclic) bond motifs is 1. The molecule has 1 saturated heterocycles. The molecule has 0 aliphatic carbocycles. The number of carbonyl (C=O) groups is 1. The monoisotopic (exact) mass is 477 g/mol. The van der Waals surface area contributed by atoms with Crippen LogP contribution in [0.15, 0.2) is 48.0 Å². The first kappa shape index (κ1) is 22.1. The van der Waals surface area contributed by atoms with Gasteiger partial charge >= 0.3 is 0 Å². The minimum absolute atomic E-state index is 0.168. The van der Waals surface area contributed by atoms with Crippen molar-refractivity contribution in [3.8, 4) is 23.0 Å². The molecule has 0 bridgehead atoms. The summed E-state index contributed by atoms with van der Waals surface area (Å²) in [6.45, 7) is 2.91. The molecule has 1 amide bonds. The maximum atomic E-state index is 13.1. The van der Waals surface area contributed by atoms with Gasteiger partial charge in [0.15, 0.2) is 17.3 Å². The van der Waals surface area contributed by atoms with Gasteiger partial charge in [-0.25, -0.2) is 9.97 Å². The van der Waals surface area contributed by atoms with Gasteiger partial charge in [-0.3, -0.25) is 9.78 Å². The van der Waals surface area contributed by atoms with Crippen LogP contribution in [0.1, 0.15) is 15.9 Å². The molecule has 4 aromatic rings. The van der Waals surface area contributed by atoms with E-state index in [9.17, 15) is 15.0 Å². The molecule has 1 fully saturated rings. The SMILES string of the molecule is O=C(NCCc1ccc(O)c(O)c1)c1csc2nc(-c3ccccn3)nc(N3CCOCC3)c12. The van der Waals surface area contributed by atoms with Gasteiger partial charge in [-0.1, -0.05) is 12.1 Å². The maximum absolute atomic E-state index is 13.1. The lowest BCUT2D eigenvalue weighted by Crippen LogP contribution is -2.37. The van der Waals surface area contributed by atoms with E-state index in [0.29, 0.717) is 62.2 Å². The summed E-state index contributed by atoms with van der Waals surface area (Å²) < 4.78 is 5.51. The van der Waals surface area contributed by atoms with Gasteiger partial charge in [-0.05, 0) is 36.2 Å². The van der Waals surface area contributed by atoms with Gasteiger partial charge in [-0.15, -0.1) is 11.3 Å². The Morgan fingerprint density at radius 2 is 1.97 bits per heavy atom. The minimum Gasteiger partial charge on any atom is -0.504 e. The van der Waals surface area contributed by atoms with Crippen molar-refractivity contribution in [2.75, 3.05) is 37.7 Å². The Labute approximate surface area is 199 Å². The van der Waals surface area contributed by atoms with E-state index >= 15 is 0 Å². The van der Waals surface area contributed by atoms with Crippen molar-refractivity contribution in [3.05, 3.63) is 59.1 Å². The first-order valence-electron chi connectivity index (χ1n) is 10.9. The van der Waals surface area contributed by atoms with Crippen LogP contribution in [-0.2, 0) is 11.2 Å². The molecule has 0 spiro atoms. The van der Waals surface area contributed by atoms with Crippen molar-refractivity contribution in [2.24, 2.45) is 0 Å². The van der Waals surface area contributed by atoms with Crippen LogP contribution in [0.5, 0.6) is 11.5 Å². The van der Waals surface area contributed by atoms with E-state index in [0.717, 1.165) is 15.8 Å². The lowest BCUT2D eigenvalue weighted by molar-refractivity contribution is 0.0956. The highest BCUT2D eigenvalue weighted by atomic mass is 32.1. The Kier molecular flexibility index (Phi) is 6.24. The van der Waals surface area contributed by atoms with Crippen LogP contribution in [0.25, 0.3) is 21.7 Å². The van der Waals surface area contributed by atoms with Crippen LogP contribution in [-0.4, -0.2) is 63.9 Å². The number of aromatic nitrogens is 3. The standard InChI is InChI=1S/C24H23N5O4S/c30-18-5-4-15(13-19(18)31)6-8-26-23(32)16-14-34-24-20(16)22(29-9-11-33-12-10-29)27-21(28-24)17-3-1-2-7-25-17/h1-5,7,13-14,30-31H,6,8-12H2,(H,26,32). The molecule has 174 valence electrons. The number of nitrogens with zero attached hydrogens (tertiary/aromatic N) is 4. The van der Waals surface area contributed by atoms with E-state index in [1.165, 1.54) is 23.5 Å². The van der Waals surface area contributed by atoms with Gasteiger partial charge in [0.25, 0.3) is 5.91 Å². The van der Waals surface area contributed by atoms with Crippen molar-refractivity contribution in [3.63, 3.8) is 0 Å². The van der Waals surface area contributed by atoms with E-state index in [4.69, 9.17) is 14.7 Å². The number of rotatable bonds is 6. The molecule has 0 unspecified atom stereocenters. The number of hydrogen-bond donors (Lipinski definition) is 3. The van der Waals surface area contributed by atoms with E-state index in [-0.39, 0.29) is 17.4 Å². The third-order valence-corrected chi connectivity index (χ3v) is 6.47. The summed E-state index contributed by atoms with van der Waals surface area (Å²) in [5, 5.41) is 24.6. The number of ether oxygens (including phenoxy) is 1. The molecular weight excluding hydrogens is 454 g/mol. The highest BCUT2D eigenvalue weighted by Gasteiger charge is 2.24. The number of thiophene rings is 1. The van der Waals surface area contributed by atoms with Gasteiger partial charge in [0, 0.05) is 31.2 Å². The van der Waals surface area contributed by atoms with Gasteiger partial charge in [-0.2, -0.15) is 0 Å². The summed E-state index contributed by atoms with van der Waals surface area (Å²) >= 11 is 1.40. The molecule has 10 heteroatoms. The van der Waals surface area contributed by atoms with Crippen LogP contribution in [0.2, 0.25) is 0 Å². The molecule has 0 atom stereocenters. The molecular formula is C24H23N5O4S. The predicted octanol–water partition coefficient (Wildman–Crippen LogP) is 2.97. The number of benzene rings is 1. The normalized spacial score (nSPS) is 13.8. The van der Waals surface area contributed by atoms with E-state index in [1.807, 2.05) is 23.6 Å². The first-order valence-corrected chi connectivity index (χ1v) is 11.8. The fourth-order valence-corrected chi connectivity index (χ4v) is 4.76. The number of morpholine rings is 1. The van der Waals surface area contributed by atoms with Crippen molar-refractivity contribution in [1.29, 1.82) is 0 Å². The fourth-order valence-electron chi connectivity index (χ4n) is 3.84. The minimum atomic E-state index is -0.210. The summed E-state index contributed by atoms with van der Waals surface area (Å²) in [5.74, 6) is 0.680. The zero-order chi connectivity index (χ0) is 23.5. The molecule has 0 radical (unpaired) electrons. The Balaban J connectivity index is 1.43. The summed E-state index contributed by atoms with van der Waals surface area (Å²) in [6, 6.07) is 10.2. The van der Waals surface area contributed by atoms with E-state index in [2.05, 4.69) is 15.2 Å². The van der Waals surface area contributed by atoms with Gasteiger partial charge in [0.2, 0.25) is 0 Å². The number of anilines is 1. The number of hydrogen-bond acceptors (Lipinski definition) is 9. The van der Waals surface area contributed by atoms with Crippen LogP contribution >= 0.6 is 11.3 Å². The first-order chi connectivity index (χ1) is 16.6. The number of nitrogens with one attached hydrogen (secondary N) is 1. The molecule has 1 aliphatic heterocycles. The number of phenols is 2. The van der Waals surface area contributed by atoms with Crippen LogP contribution in [0.3, 0.4) is 0 Å². The average Bonchev–Trinajstić information content (AvgIpc) is 3.31. The average molecular weight is 478 g/mol. The zero-order valence-corrected chi connectivity index (χ0v) is 19.1. The number of phenolic OH excluding ortho intramolecular Hbond substituents is 2. The second-order valence-electron chi connectivity index (χ2n) is 7.84. The molecule has 9 nitrogen and oxygen atoms in total. The van der Waals surface area contributed by atoms with E-state index < -0.39 is 0 Å². The third kappa shape index (κ3) is 4.50. The van der Waals surface area contributed by atoms with Gasteiger partial charge in [0.05, 0.1) is 24.2 Å². The Morgan fingerprint density at radius 1 is 1.12 bits per heavy atom. The lowest BCUT2D eigenvalue weighted by atomic mass is 10.1. The molecule has 1 aliphatic rings. The smallest absolute Gasteiger partial charge is 0.252 e. The van der Waals surface area contributed by atoms with Crippen molar-refractivity contribution < 1.29 is 19.7 Å². The predicted molar refractivity (Wildman–Crippen MR) is 129 cm³/mol. The number of carbonyl (C=O) groups excluding carboxylic acids is 1. The van der Waals surface area contributed by atoms with Crippen LogP contribution in [0, 0.1) is 0 Å². The Bertz CT molecular complexity index is 1320. The van der Waals surface area contributed by atoms with Crippen LogP contribution in [0.4, 0.5) is 5.82 Å². The van der Waals surface area contributed by atoms with Crippen molar-refractivity contribution >= 4 is 33.3 Å². The summed E-state index contributed by atoms with van der Waals surface area (Å²) in [5.41, 5.74) is 2.01. The molecule has 3 aromatic heterocycles.